The minimum absolute atomic E-state index is 0.0611. The van der Waals surface area contributed by atoms with Crippen LogP contribution in [0.4, 0.5) is 8.78 Å². The molecule has 5 saturated heterocycles. The van der Waals surface area contributed by atoms with Gasteiger partial charge in [0.2, 0.25) is 11.8 Å². The molecule has 0 aromatic heterocycles. The van der Waals surface area contributed by atoms with Crippen LogP contribution in [-0.4, -0.2) is 129 Å². The Labute approximate surface area is 217 Å². The summed E-state index contributed by atoms with van der Waals surface area (Å²) in [6, 6.07) is -0.665. The lowest BCUT2D eigenvalue weighted by Gasteiger charge is -2.45. The topological polar surface area (TPSA) is 130 Å². The average Bonchev–Trinajstić information content (AvgIpc) is 3.20. The third-order valence-electron chi connectivity index (χ3n) is 8.82. The monoisotopic (exact) mass is 527 g/mol. The van der Waals surface area contributed by atoms with Crippen LogP contribution in [0.15, 0.2) is 0 Å². The molecule has 0 aliphatic carbocycles. The molecule has 0 bridgehead atoms. The van der Waals surface area contributed by atoms with E-state index in [0.717, 1.165) is 25.9 Å². The van der Waals surface area contributed by atoms with E-state index in [4.69, 9.17) is 5.73 Å². The third kappa shape index (κ3) is 6.07. The molecule has 0 spiro atoms. The van der Waals surface area contributed by atoms with Crippen molar-refractivity contribution in [1.29, 1.82) is 0 Å². The van der Waals surface area contributed by atoms with Crippen LogP contribution >= 0.6 is 0 Å². The highest BCUT2D eigenvalue weighted by Gasteiger charge is 2.48. The molecule has 13 heteroatoms. The molecule has 7 N–H and O–H groups in total. The number of alkyl halides is 2. The van der Waals surface area contributed by atoms with E-state index in [1.165, 1.54) is 0 Å². The van der Waals surface area contributed by atoms with Crippen molar-refractivity contribution >= 4 is 11.8 Å². The van der Waals surface area contributed by atoms with Gasteiger partial charge < -0.3 is 26.6 Å². The van der Waals surface area contributed by atoms with Crippen molar-refractivity contribution in [2.24, 2.45) is 17.6 Å². The molecule has 2 amide bonds. The molecular formula is C24H43F2N9O2. The largest absolute Gasteiger partial charge is 0.353 e. The molecule has 0 aromatic carbocycles. The number of nitrogens with two attached hydrogens (primary N) is 1. The number of amides is 2. The Kier molecular flexibility index (Phi) is 8.59. The number of fused-ring (bicyclic) bond motifs is 1. The molecular weight excluding hydrogens is 484 g/mol. The normalized spacial score (nSPS) is 39.3. The van der Waals surface area contributed by atoms with E-state index in [9.17, 15) is 14.0 Å². The van der Waals surface area contributed by atoms with Gasteiger partial charge in [0.1, 0.15) is 12.3 Å². The van der Waals surface area contributed by atoms with Gasteiger partial charge in [0.15, 0.2) is 0 Å². The molecule has 0 radical (unpaired) electrons. The predicted octanol–water partition coefficient (Wildman–Crippen LogP) is -2.31. The van der Waals surface area contributed by atoms with Crippen molar-refractivity contribution in [3.63, 3.8) is 0 Å². The van der Waals surface area contributed by atoms with Gasteiger partial charge >= 0.3 is 0 Å². The Bertz CT molecular complexity index is 809. The van der Waals surface area contributed by atoms with Crippen LogP contribution in [0.3, 0.4) is 0 Å². The summed E-state index contributed by atoms with van der Waals surface area (Å²) in [5.41, 5.74) is 9.19. The zero-order chi connectivity index (χ0) is 26.1. The summed E-state index contributed by atoms with van der Waals surface area (Å²) < 4.78 is 29.0. The van der Waals surface area contributed by atoms with Gasteiger partial charge in [-0.3, -0.25) is 19.8 Å². The fraction of sp³-hybridized carbons (Fsp3) is 0.917. The number of carbonyl (C=O) groups excluding carboxylic acids is 2. The Morgan fingerprint density at radius 1 is 0.946 bits per heavy atom. The number of carbonyl (C=O) groups is 2. The van der Waals surface area contributed by atoms with Crippen LogP contribution in [-0.2, 0) is 9.59 Å². The summed E-state index contributed by atoms with van der Waals surface area (Å²) in [5.74, 6) is -0.837. The Morgan fingerprint density at radius 2 is 1.68 bits per heavy atom. The quantitative estimate of drug-likeness (QED) is 0.234. The lowest BCUT2D eigenvalue weighted by Crippen LogP contribution is -2.67. The highest BCUT2D eigenvalue weighted by Crippen LogP contribution is 2.26. The van der Waals surface area contributed by atoms with Gasteiger partial charge in [0.05, 0.1) is 30.3 Å². The summed E-state index contributed by atoms with van der Waals surface area (Å²) in [5, 5.41) is 14.1. The first-order chi connectivity index (χ1) is 17.8. The lowest BCUT2D eigenvalue weighted by atomic mass is 9.89. The summed E-state index contributed by atoms with van der Waals surface area (Å²) in [4.78, 5) is 30.6. The number of hydrazine groups is 1. The Balaban J connectivity index is 1.16. The number of rotatable bonds is 5. The summed E-state index contributed by atoms with van der Waals surface area (Å²) in [6.45, 7) is 4.24. The van der Waals surface area contributed by atoms with Gasteiger partial charge in [-0.2, -0.15) is 0 Å². The smallest absolute Gasteiger partial charge is 0.229 e. The summed E-state index contributed by atoms with van der Waals surface area (Å²) in [6.07, 6.45) is 0.0710. The van der Waals surface area contributed by atoms with Crippen molar-refractivity contribution in [3.8, 4) is 0 Å². The SMILES string of the molecule is CN1CCC(NC(=O)C2CCN(C3C(F)CNCC3NC(=O)C3C(N)NN4CC(F)CNC34)CC2)CC1. The van der Waals surface area contributed by atoms with Gasteiger partial charge in [-0.25, -0.2) is 19.2 Å². The molecule has 0 saturated carbocycles. The molecule has 11 nitrogen and oxygen atoms in total. The first kappa shape index (κ1) is 27.1. The van der Waals surface area contributed by atoms with Gasteiger partial charge in [-0.1, -0.05) is 0 Å². The van der Waals surface area contributed by atoms with Crippen LogP contribution in [0, 0.1) is 11.8 Å². The summed E-state index contributed by atoms with van der Waals surface area (Å²) in [7, 11) is 2.10. The van der Waals surface area contributed by atoms with E-state index in [-0.39, 0.29) is 43.4 Å². The summed E-state index contributed by atoms with van der Waals surface area (Å²) >= 11 is 0. The van der Waals surface area contributed by atoms with E-state index in [1.54, 1.807) is 5.01 Å². The van der Waals surface area contributed by atoms with Gasteiger partial charge in [-0.15, -0.1) is 0 Å². The number of likely N-dealkylation sites (tertiary alicyclic amines) is 2. The maximum Gasteiger partial charge on any atom is 0.229 e. The van der Waals surface area contributed by atoms with Gasteiger partial charge in [0, 0.05) is 38.1 Å². The maximum absolute atomic E-state index is 15.3. The average molecular weight is 528 g/mol. The molecule has 5 aliphatic rings. The third-order valence-corrected chi connectivity index (χ3v) is 8.82. The Morgan fingerprint density at radius 3 is 2.41 bits per heavy atom. The van der Waals surface area contributed by atoms with Crippen LogP contribution in [0.2, 0.25) is 0 Å². The molecule has 5 heterocycles. The minimum Gasteiger partial charge on any atom is -0.353 e. The van der Waals surface area contributed by atoms with Crippen molar-refractivity contribution in [3.05, 3.63) is 0 Å². The van der Waals surface area contributed by atoms with Crippen molar-refractivity contribution in [2.75, 3.05) is 59.4 Å². The van der Waals surface area contributed by atoms with E-state index >= 15 is 4.39 Å². The second-order valence-corrected chi connectivity index (χ2v) is 11.5. The molecule has 5 rings (SSSR count). The fourth-order valence-electron chi connectivity index (χ4n) is 6.68. The predicted molar refractivity (Wildman–Crippen MR) is 134 cm³/mol. The van der Waals surface area contributed by atoms with E-state index < -0.39 is 42.7 Å². The van der Waals surface area contributed by atoms with Gasteiger partial charge in [0.25, 0.3) is 0 Å². The number of hydrogen-bond acceptors (Lipinski definition) is 9. The second-order valence-electron chi connectivity index (χ2n) is 11.5. The zero-order valence-corrected chi connectivity index (χ0v) is 21.7. The van der Waals surface area contributed by atoms with E-state index in [2.05, 4.69) is 43.5 Å². The molecule has 5 aliphatic heterocycles. The van der Waals surface area contributed by atoms with E-state index in [1.807, 2.05) is 0 Å². The van der Waals surface area contributed by atoms with Crippen LogP contribution in [0.1, 0.15) is 25.7 Å². The van der Waals surface area contributed by atoms with Gasteiger partial charge in [-0.05, 0) is 58.9 Å². The number of piperidine rings is 3. The molecule has 210 valence electrons. The highest BCUT2D eigenvalue weighted by molar-refractivity contribution is 5.81. The first-order valence-electron chi connectivity index (χ1n) is 13.8. The lowest BCUT2D eigenvalue weighted by molar-refractivity contribution is -0.129. The van der Waals surface area contributed by atoms with Crippen LogP contribution < -0.4 is 32.4 Å². The second kappa shape index (κ2) is 11.7. The first-order valence-corrected chi connectivity index (χ1v) is 13.8. The van der Waals surface area contributed by atoms with Crippen LogP contribution in [0.25, 0.3) is 0 Å². The van der Waals surface area contributed by atoms with Crippen molar-refractivity contribution < 1.29 is 18.4 Å². The molecule has 5 fully saturated rings. The van der Waals surface area contributed by atoms with Crippen LogP contribution in [0.5, 0.6) is 0 Å². The van der Waals surface area contributed by atoms with Crippen molar-refractivity contribution in [2.45, 2.75) is 68.5 Å². The molecule has 7 unspecified atom stereocenters. The molecule has 7 atom stereocenters. The number of nitrogens with one attached hydrogen (secondary N) is 5. The van der Waals surface area contributed by atoms with E-state index in [0.29, 0.717) is 32.5 Å². The number of halogens is 2. The fourth-order valence-corrected chi connectivity index (χ4v) is 6.68. The standard InChI is InChI=1S/C24H43F2N9O2/c1-33-6-4-16(5-7-33)30-23(36)14-2-8-34(9-3-14)20-17(26)11-28-12-18(20)31-24(37)19-21(27)32-35-13-15(25)10-29-22(19)35/h14-22,28-29,32H,2-13,27H2,1H3,(H,30,36)(H,31,37). The minimum atomic E-state index is -1.14. The zero-order valence-electron chi connectivity index (χ0n) is 21.7. The molecule has 0 aromatic rings. The molecule has 37 heavy (non-hydrogen) atoms. The highest BCUT2D eigenvalue weighted by atomic mass is 19.1. The van der Waals surface area contributed by atoms with Crippen molar-refractivity contribution in [1.82, 2.24) is 41.5 Å². The Hall–Kier alpha value is -1.48. The number of hydrogen-bond donors (Lipinski definition) is 6. The number of nitrogens with zero attached hydrogens (tertiary/aromatic N) is 3. The maximum atomic E-state index is 15.3.